The molecule has 0 aliphatic carbocycles. The van der Waals surface area contributed by atoms with E-state index in [2.05, 4.69) is 26.6 Å². The fraction of sp³-hybridized carbons (Fsp3) is 0.323. The van der Waals surface area contributed by atoms with E-state index < -0.39 is 28.8 Å². The number of anilines is 1. The zero-order valence-corrected chi connectivity index (χ0v) is 26.0. The van der Waals surface area contributed by atoms with Crippen molar-refractivity contribution in [3.63, 3.8) is 0 Å². The van der Waals surface area contributed by atoms with Gasteiger partial charge in [0.2, 0.25) is 11.8 Å². The zero-order valence-electron chi connectivity index (χ0n) is 22.9. The van der Waals surface area contributed by atoms with E-state index in [0.29, 0.717) is 32.6 Å². The van der Waals surface area contributed by atoms with Crippen molar-refractivity contribution in [1.82, 2.24) is 5.32 Å². The number of carbonyl (C=O) groups excluding carboxylic acids is 3. The third kappa shape index (κ3) is 5.11. The Bertz CT molecular complexity index is 1580. The van der Waals surface area contributed by atoms with Crippen molar-refractivity contribution in [3.8, 4) is 5.75 Å². The molecule has 5 rings (SSSR count). The molecule has 41 heavy (non-hydrogen) atoms. The second kappa shape index (κ2) is 11.0. The average Bonchev–Trinajstić information content (AvgIpc) is 3.20. The minimum Gasteiger partial charge on any atom is -0.492 e. The molecule has 2 N–H and O–H groups in total. The number of piperidine rings is 1. The van der Waals surface area contributed by atoms with E-state index in [1.807, 2.05) is 37.3 Å². The lowest BCUT2D eigenvalue weighted by atomic mass is 9.58. The van der Waals surface area contributed by atoms with E-state index >= 15 is 0 Å². The maximum absolute atomic E-state index is 14.4. The Morgan fingerprint density at radius 2 is 1.76 bits per heavy atom. The van der Waals surface area contributed by atoms with Gasteiger partial charge in [0.25, 0.3) is 0 Å². The normalized spacial score (nSPS) is 21.7. The van der Waals surface area contributed by atoms with Crippen LogP contribution in [0.4, 0.5) is 5.69 Å². The topological polar surface area (TPSA) is 93.7 Å². The molecule has 0 bridgehead atoms. The Morgan fingerprint density at radius 3 is 2.49 bits per heavy atom. The number of hydrogen-bond acceptors (Lipinski definition) is 5. The molecular weight excluding hydrogens is 631 g/mol. The number of amides is 2. The van der Waals surface area contributed by atoms with Crippen molar-refractivity contribution in [2.45, 2.75) is 44.6 Å². The number of hydrogen-bond donors (Lipinski definition) is 2. The maximum atomic E-state index is 14.4. The molecule has 214 valence electrons. The third-order valence-corrected chi connectivity index (χ3v) is 8.94. The van der Waals surface area contributed by atoms with Gasteiger partial charge in [-0.25, -0.2) is 0 Å². The van der Waals surface area contributed by atoms with Crippen LogP contribution in [-0.4, -0.2) is 31.5 Å². The SMILES string of the molecule is COC(=O)C(C)(C)COc1ccc(Br)cc1C1NC(=O)CC(c2cc(Cl)ccc2C)C12C(=O)Nc1cc(Cl)ccc12. The second-order valence-electron chi connectivity index (χ2n) is 11.1. The van der Waals surface area contributed by atoms with Gasteiger partial charge in [-0.05, 0) is 79.9 Å². The summed E-state index contributed by atoms with van der Waals surface area (Å²) in [5.41, 5.74) is 1.37. The highest BCUT2D eigenvalue weighted by atomic mass is 79.9. The number of methoxy groups -OCH3 is 1. The van der Waals surface area contributed by atoms with Gasteiger partial charge in [0, 0.05) is 38.1 Å². The molecule has 3 unspecified atom stereocenters. The molecule has 2 heterocycles. The van der Waals surface area contributed by atoms with E-state index in [-0.39, 0.29) is 24.8 Å². The molecule has 2 aliphatic heterocycles. The highest BCUT2D eigenvalue weighted by Gasteiger charge is 2.62. The number of esters is 1. The Balaban J connectivity index is 1.75. The number of benzene rings is 3. The maximum Gasteiger partial charge on any atom is 0.314 e. The van der Waals surface area contributed by atoms with Gasteiger partial charge in [-0.2, -0.15) is 0 Å². The van der Waals surface area contributed by atoms with Gasteiger partial charge in [0.1, 0.15) is 17.8 Å². The van der Waals surface area contributed by atoms with Gasteiger partial charge < -0.3 is 20.1 Å². The molecule has 1 spiro atoms. The fourth-order valence-corrected chi connectivity index (χ4v) is 6.71. The van der Waals surface area contributed by atoms with Crippen molar-refractivity contribution in [2.75, 3.05) is 19.0 Å². The van der Waals surface area contributed by atoms with Crippen LogP contribution in [0.3, 0.4) is 0 Å². The number of aryl methyl sites for hydroxylation is 1. The zero-order chi connectivity index (χ0) is 29.7. The summed E-state index contributed by atoms with van der Waals surface area (Å²) in [5.74, 6) is -1.06. The standard InChI is InChI=1S/C31H29BrCl2N2O5/c1-16-5-7-18(33)12-20(16)23-14-26(37)36-27(31(23)22-9-8-19(34)13-24(22)35-28(31)38)21-11-17(32)6-10-25(21)41-15-30(2,3)29(39)40-4/h5-13,23,27H,14-15H2,1-4H3,(H,35,38)(H,36,37). The van der Waals surface area contributed by atoms with E-state index in [0.717, 1.165) is 15.6 Å². The van der Waals surface area contributed by atoms with Crippen LogP contribution in [0, 0.1) is 12.3 Å². The van der Waals surface area contributed by atoms with Crippen LogP contribution in [0.2, 0.25) is 10.0 Å². The highest BCUT2D eigenvalue weighted by molar-refractivity contribution is 9.10. The molecule has 1 saturated heterocycles. The Kier molecular flexibility index (Phi) is 7.87. The van der Waals surface area contributed by atoms with Crippen LogP contribution in [0.1, 0.15) is 54.5 Å². The van der Waals surface area contributed by atoms with E-state index in [1.165, 1.54) is 7.11 Å². The summed E-state index contributed by atoms with van der Waals surface area (Å²) in [6.45, 7) is 5.41. The highest BCUT2D eigenvalue weighted by Crippen LogP contribution is 2.59. The molecule has 1 fully saturated rings. The molecule has 2 aliphatic rings. The number of halogens is 3. The van der Waals surface area contributed by atoms with Crippen molar-refractivity contribution >= 4 is 62.6 Å². The van der Waals surface area contributed by atoms with E-state index in [4.69, 9.17) is 32.7 Å². The third-order valence-electron chi connectivity index (χ3n) is 7.98. The number of fused-ring (bicyclic) bond motifs is 2. The molecule has 3 aromatic carbocycles. The predicted octanol–water partition coefficient (Wildman–Crippen LogP) is 6.88. The van der Waals surface area contributed by atoms with E-state index in [9.17, 15) is 14.4 Å². The van der Waals surface area contributed by atoms with Crippen molar-refractivity contribution in [1.29, 1.82) is 0 Å². The van der Waals surface area contributed by atoms with Crippen LogP contribution in [-0.2, 0) is 24.5 Å². The van der Waals surface area contributed by atoms with Crippen LogP contribution < -0.4 is 15.4 Å². The molecule has 7 nitrogen and oxygen atoms in total. The molecule has 3 atom stereocenters. The summed E-state index contributed by atoms with van der Waals surface area (Å²) in [6, 6.07) is 15.4. The number of carbonyl (C=O) groups is 3. The van der Waals surface area contributed by atoms with Crippen molar-refractivity contribution in [2.24, 2.45) is 5.41 Å². The summed E-state index contributed by atoms with van der Waals surface area (Å²) in [5, 5.41) is 7.15. The molecule has 2 amide bonds. The molecule has 0 aromatic heterocycles. The quantitative estimate of drug-likeness (QED) is 0.282. The van der Waals surface area contributed by atoms with Crippen molar-refractivity contribution < 1.29 is 23.9 Å². The average molecular weight is 660 g/mol. The smallest absolute Gasteiger partial charge is 0.314 e. The van der Waals surface area contributed by atoms with Gasteiger partial charge in [0.05, 0.1) is 18.6 Å². The van der Waals surface area contributed by atoms with Crippen LogP contribution >= 0.6 is 39.1 Å². The first kappa shape index (κ1) is 29.4. The summed E-state index contributed by atoms with van der Waals surface area (Å²) in [4.78, 5) is 40.2. The number of nitrogens with one attached hydrogen (secondary N) is 2. The molecule has 0 saturated carbocycles. The lowest BCUT2D eigenvalue weighted by Crippen LogP contribution is -2.57. The molecule has 10 heteroatoms. The lowest BCUT2D eigenvalue weighted by molar-refractivity contribution is -0.152. The first-order chi connectivity index (χ1) is 19.4. The molecule has 0 radical (unpaired) electrons. The lowest BCUT2D eigenvalue weighted by Gasteiger charge is -2.47. The van der Waals surface area contributed by atoms with Crippen molar-refractivity contribution in [3.05, 3.63) is 91.4 Å². The minimum atomic E-state index is -1.28. The van der Waals surface area contributed by atoms with E-state index in [1.54, 1.807) is 38.1 Å². The van der Waals surface area contributed by atoms with Gasteiger partial charge in [-0.1, -0.05) is 51.3 Å². The first-order valence-electron chi connectivity index (χ1n) is 13.1. The van der Waals surface area contributed by atoms with Crippen LogP contribution in [0.25, 0.3) is 0 Å². The Hall–Kier alpha value is -3.07. The van der Waals surface area contributed by atoms with Gasteiger partial charge in [-0.15, -0.1) is 0 Å². The summed E-state index contributed by atoms with van der Waals surface area (Å²) in [6.07, 6.45) is 0.0622. The summed E-state index contributed by atoms with van der Waals surface area (Å²) in [7, 11) is 1.33. The predicted molar refractivity (Wildman–Crippen MR) is 162 cm³/mol. The van der Waals surface area contributed by atoms with Gasteiger partial charge >= 0.3 is 5.97 Å². The number of rotatable bonds is 6. The molecule has 3 aromatic rings. The largest absolute Gasteiger partial charge is 0.492 e. The van der Waals surface area contributed by atoms with Crippen LogP contribution in [0.15, 0.2) is 59.1 Å². The fourth-order valence-electron chi connectivity index (χ4n) is 5.98. The minimum absolute atomic E-state index is 0.0111. The monoisotopic (exact) mass is 658 g/mol. The number of ether oxygens (including phenoxy) is 2. The van der Waals surface area contributed by atoms with Gasteiger partial charge in [0.15, 0.2) is 0 Å². The van der Waals surface area contributed by atoms with Crippen LogP contribution in [0.5, 0.6) is 5.75 Å². The summed E-state index contributed by atoms with van der Waals surface area (Å²) >= 11 is 16.4. The Labute approximate surface area is 257 Å². The van der Waals surface area contributed by atoms with Gasteiger partial charge in [-0.3, -0.25) is 14.4 Å². The second-order valence-corrected chi connectivity index (χ2v) is 12.9. The first-order valence-corrected chi connectivity index (χ1v) is 14.6. The molecular formula is C31H29BrCl2N2O5. The Morgan fingerprint density at radius 1 is 1.05 bits per heavy atom. The summed E-state index contributed by atoms with van der Waals surface area (Å²) < 4.78 is 11.9.